The highest BCUT2D eigenvalue weighted by Crippen LogP contribution is 2.41. The minimum atomic E-state index is -1.26. The summed E-state index contributed by atoms with van der Waals surface area (Å²) in [5.74, 6) is -2.51. The number of benzene rings is 1. The summed E-state index contributed by atoms with van der Waals surface area (Å²) in [6.45, 7) is 4.12. The van der Waals surface area contributed by atoms with Crippen LogP contribution in [0.15, 0.2) is 36.4 Å². The molecule has 0 spiro atoms. The number of ether oxygens (including phenoxy) is 1. The molecule has 1 atom stereocenters. The second kappa shape index (κ2) is 9.52. The van der Waals surface area contributed by atoms with E-state index in [-0.39, 0.29) is 5.60 Å². The molecule has 0 aliphatic carbocycles. The number of hydrogen-bond acceptors (Lipinski definition) is 4. The van der Waals surface area contributed by atoms with Gasteiger partial charge in [0, 0.05) is 30.1 Å². The Balaban J connectivity index is 0.000000300. The van der Waals surface area contributed by atoms with Crippen molar-refractivity contribution in [1.29, 1.82) is 0 Å². The minimum absolute atomic E-state index is 0.155. The monoisotopic (exact) mass is 388 g/mol. The van der Waals surface area contributed by atoms with Gasteiger partial charge < -0.3 is 24.8 Å². The van der Waals surface area contributed by atoms with E-state index in [4.69, 9.17) is 14.9 Å². The third-order valence-corrected chi connectivity index (χ3v) is 4.93. The van der Waals surface area contributed by atoms with Gasteiger partial charge in [-0.2, -0.15) is 0 Å². The highest BCUT2D eigenvalue weighted by molar-refractivity contribution is 5.89. The van der Waals surface area contributed by atoms with E-state index in [0.717, 1.165) is 32.4 Å². The lowest BCUT2D eigenvalue weighted by Crippen LogP contribution is -2.35. The van der Waals surface area contributed by atoms with Crippen LogP contribution in [0, 0.1) is 0 Å². The molecule has 3 N–H and O–H groups in total. The van der Waals surface area contributed by atoms with Gasteiger partial charge in [-0.25, -0.2) is 9.59 Å². The number of carboxylic acids is 2. The molecule has 0 radical (unpaired) electrons. The van der Waals surface area contributed by atoms with Crippen LogP contribution in [0.25, 0.3) is 10.9 Å². The van der Waals surface area contributed by atoms with E-state index in [1.165, 1.54) is 22.2 Å². The smallest absolute Gasteiger partial charge is 0.328 e. The number of rotatable bonds is 6. The Morgan fingerprint density at radius 2 is 1.89 bits per heavy atom. The van der Waals surface area contributed by atoms with Crippen LogP contribution < -0.4 is 5.32 Å². The second-order valence-corrected chi connectivity index (χ2v) is 6.95. The van der Waals surface area contributed by atoms with Gasteiger partial charge in [0.25, 0.3) is 0 Å². The quantitative estimate of drug-likeness (QED) is 0.520. The van der Waals surface area contributed by atoms with Crippen molar-refractivity contribution >= 4 is 22.8 Å². The van der Waals surface area contributed by atoms with Gasteiger partial charge in [0.1, 0.15) is 5.60 Å². The average molecular weight is 388 g/mol. The standard InChI is InChI=1S/C17H24N2O.C4H4O4/c1-17(10-6-11-18-2)16-14(9-12-20-17)13-7-4-5-8-15(13)19(16)3;5-3(6)1-2-4(7)8/h4-5,7-8,18H,6,9-12H2,1-3H3;1-2H,(H,5,6)(H,7,8)/b;2-1+. The molecule has 0 saturated carbocycles. The van der Waals surface area contributed by atoms with Crippen LogP contribution in [0.3, 0.4) is 0 Å². The molecule has 7 heteroatoms. The zero-order chi connectivity index (χ0) is 20.7. The predicted octanol–water partition coefficient (Wildman–Crippen LogP) is 2.68. The molecule has 1 unspecified atom stereocenters. The van der Waals surface area contributed by atoms with Crippen LogP contribution in [0.1, 0.15) is 31.0 Å². The maximum atomic E-state index is 9.55. The maximum Gasteiger partial charge on any atom is 0.328 e. The zero-order valence-electron chi connectivity index (χ0n) is 16.6. The summed E-state index contributed by atoms with van der Waals surface area (Å²) >= 11 is 0. The first-order valence-electron chi connectivity index (χ1n) is 9.29. The Morgan fingerprint density at radius 1 is 1.25 bits per heavy atom. The Kier molecular flexibility index (Phi) is 7.37. The number of carbonyl (C=O) groups is 2. The molecule has 7 nitrogen and oxygen atoms in total. The van der Waals surface area contributed by atoms with Gasteiger partial charge in [-0.1, -0.05) is 18.2 Å². The summed E-state index contributed by atoms with van der Waals surface area (Å²) in [6.07, 6.45) is 4.34. The van der Waals surface area contributed by atoms with Crippen molar-refractivity contribution in [3.8, 4) is 0 Å². The van der Waals surface area contributed by atoms with Crippen LogP contribution in [0.4, 0.5) is 0 Å². The van der Waals surface area contributed by atoms with Crippen LogP contribution in [0.2, 0.25) is 0 Å². The molecule has 0 bridgehead atoms. The summed E-state index contributed by atoms with van der Waals surface area (Å²) in [7, 11) is 4.18. The van der Waals surface area contributed by atoms with E-state index < -0.39 is 11.9 Å². The lowest BCUT2D eigenvalue weighted by molar-refractivity contribution is -0.134. The molecule has 2 heterocycles. The Hall–Kier alpha value is -2.64. The Bertz CT molecular complexity index is 855. The number of fused-ring (bicyclic) bond motifs is 3. The number of aryl methyl sites for hydroxylation is 1. The van der Waals surface area contributed by atoms with Gasteiger partial charge in [-0.05, 0) is 51.4 Å². The topological polar surface area (TPSA) is 101 Å². The molecule has 3 rings (SSSR count). The van der Waals surface area contributed by atoms with Crippen LogP contribution in [-0.2, 0) is 33.4 Å². The molecular weight excluding hydrogens is 360 g/mol. The molecular formula is C21H28N2O5. The van der Waals surface area contributed by atoms with Gasteiger partial charge in [-0.15, -0.1) is 0 Å². The van der Waals surface area contributed by atoms with Crippen molar-refractivity contribution in [2.75, 3.05) is 20.2 Å². The van der Waals surface area contributed by atoms with Crippen molar-refractivity contribution in [3.63, 3.8) is 0 Å². The summed E-state index contributed by atoms with van der Waals surface area (Å²) in [6, 6.07) is 8.71. The first kappa shape index (κ1) is 21.7. The van der Waals surface area contributed by atoms with E-state index in [9.17, 15) is 9.59 Å². The molecule has 0 fully saturated rings. The van der Waals surface area contributed by atoms with Crippen LogP contribution in [0.5, 0.6) is 0 Å². The largest absolute Gasteiger partial charge is 0.478 e. The number of para-hydroxylation sites is 1. The molecule has 1 aromatic heterocycles. The van der Waals surface area contributed by atoms with Gasteiger partial charge in [0.2, 0.25) is 0 Å². The normalized spacial score (nSPS) is 18.5. The maximum absolute atomic E-state index is 9.55. The second-order valence-electron chi connectivity index (χ2n) is 6.95. The van der Waals surface area contributed by atoms with E-state index >= 15 is 0 Å². The number of nitrogens with one attached hydrogen (secondary N) is 1. The fourth-order valence-electron chi connectivity index (χ4n) is 3.78. The number of hydrogen-bond donors (Lipinski definition) is 3. The molecule has 0 amide bonds. The molecule has 1 aromatic carbocycles. The predicted molar refractivity (Wildman–Crippen MR) is 107 cm³/mol. The fraction of sp³-hybridized carbons (Fsp3) is 0.429. The molecule has 28 heavy (non-hydrogen) atoms. The average Bonchev–Trinajstić information content (AvgIpc) is 2.95. The lowest BCUT2D eigenvalue weighted by atomic mass is 9.89. The highest BCUT2D eigenvalue weighted by Gasteiger charge is 2.36. The van der Waals surface area contributed by atoms with Crippen LogP contribution in [-0.4, -0.2) is 46.9 Å². The third kappa shape index (κ3) is 4.99. The molecule has 0 saturated heterocycles. The lowest BCUT2D eigenvalue weighted by Gasteiger charge is -2.35. The molecule has 1 aliphatic rings. The third-order valence-electron chi connectivity index (χ3n) is 4.93. The van der Waals surface area contributed by atoms with Gasteiger partial charge in [0.05, 0.1) is 12.3 Å². The fourth-order valence-corrected chi connectivity index (χ4v) is 3.78. The van der Waals surface area contributed by atoms with E-state index in [1.54, 1.807) is 0 Å². The summed E-state index contributed by atoms with van der Waals surface area (Å²) < 4.78 is 8.54. The number of nitrogens with zero attached hydrogens (tertiary/aromatic N) is 1. The van der Waals surface area contributed by atoms with E-state index in [2.05, 4.69) is 48.1 Å². The van der Waals surface area contributed by atoms with E-state index in [0.29, 0.717) is 12.2 Å². The minimum Gasteiger partial charge on any atom is -0.478 e. The number of aliphatic carboxylic acids is 2. The number of aromatic nitrogens is 1. The van der Waals surface area contributed by atoms with Crippen molar-refractivity contribution in [3.05, 3.63) is 47.7 Å². The van der Waals surface area contributed by atoms with Gasteiger partial charge in [-0.3, -0.25) is 0 Å². The Labute approximate surface area is 164 Å². The van der Waals surface area contributed by atoms with E-state index in [1.807, 2.05) is 7.05 Å². The Morgan fingerprint density at radius 3 is 2.50 bits per heavy atom. The molecule has 2 aromatic rings. The number of carboxylic acid groups (broad SMARTS) is 2. The van der Waals surface area contributed by atoms with Crippen molar-refractivity contribution in [2.45, 2.75) is 31.8 Å². The first-order chi connectivity index (χ1) is 13.3. The van der Waals surface area contributed by atoms with Gasteiger partial charge >= 0.3 is 11.9 Å². The summed E-state index contributed by atoms with van der Waals surface area (Å²) in [5, 5.41) is 20.2. The van der Waals surface area contributed by atoms with Crippen molar-refractivity contribution in [1.82, 2.24) is 9.88 Å². The highest BCUT2D eigenvalue weighted by atomic mass is 16.5. The summed E-state index contributed by atoms with van der Waals surface area (Å²) in [4.78, 5) is 19.1. The first-order valence-corrected chi connectivity index (χ1v) is 9.29. The molecule has 152 valence electrons. The van der Waals surface area contributed by atoms with Gasteiger partial charge in [0.15, 0.2) is 0 Å². The van der Waals surface area contributed by atoms with Crippen molar-refractivity contribution < 1.29 is 24.5 Å². The molecule has 1 aliphatic heterocycles. The summed E-state index contributed by atoms with van der Waals surface area (Å²) in [5.41, 5.74) is 4.03. The zero-order valence-corrected chi connectivity index (χ0v) is 16.6. The SMILES string of the molecule is CNCCCC1(C)OCCc2c1n(C)c1ccccc21.O=C(O)/C=C/C(=O)O. The van der Waals surface area contributed by atoms with Crippen molar-refractivity contribution in [2.24, 2.45) is 7.05 Å². The van der Waals surface area contributed by atoms with Crippen LogP contribution >= 0.6 is 0 Å².